The van der Waals surface area contributed by atoms with Gasteiger partial charge < -0.3 is 15.6 Å². The van der Waals surface area contributed by atoms with Gasteiger partial charge in [0.05, 0.1) is 11.3 Å². The average molecular weight is 504 g/mol. The van der Waals surface area contributed by atoms with Crippen molar-refractivity contribution >= 4 is 51.3 Å². The Balaban J connectivity index is 1.49. The fourth-order valence-corrected chi connectivity index (χ4v) is 7.55. The molecule has 7 nitrogen and oxygen atoms in total. The van der Waals surface area contributed by atoms with E-state index in [2.05, 4.69) is 53.2 Å². The van der Waals surface area contributed by atoms with Gasteiger partial charge in [0.15, 0.2) is 11.0 Å². The Morgan fingerprint density at radius 1 is 1.33 bits per heavy atom. The van der Waals surface area contributed by atoms with Gasteiger partial charge in [-0.15, -0.1) is 32.9 Å². The highest BCUT2D eigenvalue weighted by Gasteiger charge is 2.27. The molecule has 176 valence electrons. The molecule has 1 aliphatic rings. The molecule has 0 spiro atoms. The van der Waals surface area contributed by atoms with Crippen LogP contribution in [0.2, 0.25) is 0 Å². The lowest BCUT2D eigenvalue weighted by Gasteiger charge is -2.18. The van der Waals surface area contributed by atoms with Crippen molar-refractivity contribution in [1.29, 1.82) is 0 Å². The average Bonchev–Trinajstić information content (AvgIpc) is 3.45. The van der Waals surface area contributed by atoms with E-state index in [1.165, 1.54) is 38.4 Å². The molecule has 1 atom stereocenters. The highest BCUT2D eigenvalue weighted by molar-refractivity contribution is 7.99. The van der Waals surface area contributed by atoms with Gasteiger partial charge in [0.2, 0.25) is 5.91 Å². The molecule has 0 saturated carbocycles. The van der Waals surface area contributed by atoms with E-state index in [0.29, 0.717) is 28.2 Å². The van der Waals surface area contributed by atoms with Crippen LogP contribution in [-0.4, -0.2) is 32.3 Å². The summed E-state index contributed by atoms with van der Waals surface area (Å²) in [5.74, 6) is 0.946. The third-order valence-electron chi connectivity index (χ3n) is 6.07. The van der Waals surface area contributed by atoms with Crippen LogP contribution in [0.25, 0.3) is 11.4 Å². The summed E-state index contributed by atoms with van der Waals surface area (Å²) in [7, 11) is 0. The summed E-state index contributed by atoms with van der Waals surface area (Å²) in [4.78, 5) is 27.4. The van der Waals surface area contributed by atoms with Crippen LogP contribution in [-0.2, 0) is 30.6 Å². The van der Waals surface area contributed by atoms with Gasteiger partial charge in [0.1, 0.15) is 5.00 Å². The summed E-state index contributed by atoms with van der Waals surface area (Å²) < 4.78 is 2.05. The molecule has 0 saturated heterocycles. The van der Waals surface area contributed by atoms with Crippen LogP contribution in [0.15, 0.2) is 10.5 Å². The minimum Gasteiger partial charge on any atom is -0.365 e. The number of rotatable bonds is 8. The molecule has 3 heterocycles. The van der Waals surface area contributed by atoms with Crippen molar-refractivity contribution in [2.24, 2.45) is 11.7 Å². The Labute approximate surface area is 206 Å². The number of carbonyl (C=O) groups is 2. The van der Waals surface area contributed by atoms with Crippen molar-refractivity contribution < 1.29 is 9.59 Å². The van der Waals surface area contributed by atoms with E-state index in [1.54, 1.807) is 11.3 Å². The molecule has 33 heavy (non-hydrogen) atoms. The molecule has 1 aliphatic carbocycles. The van der Waals surface area contributed by atoms with Crippen molar-refractivity contribution in [2.45, 2.75) is 65.1 Å². The third-order valence-corrected chi connectivity index (χ3v) is 9.16. The van der Waals surface area contributed by atoms with E-state index in [0.717, 1.165) is 42.6 Å². The highest BCUT2D eigenvalue weighted by Crippen LogP contribution is 2.39. The van der Waals surface area contributed by atoms with Crippen LogP contribution in [0, 0.1) is 12.8 Å². The number of anilines is 1. The number of carbonyl (C=O) groups excluding carboxylic acids is 2. The van der Waals surface area contributed by atoms with Crippen LogP contribution in [0.1, 0.15) is 58.4 Å². The van der Waals surface area contributed by atoms with Crippen LogP contribution < -0.4 is 11.1 Å². The predicted molar refractivity (Wildman–Crippen MR) is 137 cm³/mol. The molecule has 2 amide bonds. The minimum atomic E-state index is -0.474. The zero-order chi connectivity index (χ0) is 23.7. The van der Waals surface area contributed by atoms with Gasteiger partial charge in [-0.1, -0.05) is 25.6 Å². The van der Waals surface area contributed by atoms with Gasteiger partial charge in [-0.05, 0) is 56.6 Å². The smallest absolute Gasteiger partial charge is 0.251 e. The molecule has 3 N–H and O–H groups in total. The number of hydrogen-bond donors (Lipinski definition) is 2. The maximum Gasteiger partial charge on any atom is 0.251 e. The number of aryl methyl sites for hydroxylation is 1. The number of nitrogens with zero attached hydrogens (tertiary/aromatic N) is 3. The van der Waals surface area contributed by atoms with Crippen LogP contribution in [0.4, 0.5) is 5.00 Å². The zero-order valence-electron chi connectivity index (χ0n) is 19.4. The van der Waals surface area contributed by atoms with Gasteiger partial charge in [-0.2, -0.15) is 0 Å². The second kappa shape index (κ2) is 9.99. The van der Waals surface area contributed by atoms with Crippen molar-refractivity contribution in [3.05, 3.63) is 31.8 Å². The molecule has 0 bridgehead atoms. The van der Waals surface area contributed by atoms with E-state index in [9.17, 15) is 9.59 Å². The molecule has 10 heteroatoms. The number of thiophene rings is 2. The van der Waals surface area contributed by atoms with Gasteiger partial charge in [-0.3, -0.25) is 9.59 Å². The Morgan fingerprint density at radius 2 is 2.12 bits per heavy atom. The number of primary amides is 1. The fraction of sp³-hybridized carbons (Fsp3) is 0.478. The van der Waals surface area contributed by atoms with Crippen molar-refractivity contribution in [1.82, 2.24) is 14.8 Å². The number of nitrogens with one attached hydrogen (secondary N) is 1. The lowest BCUT2D eigenvalue weighted by Crippen LogP contribution is -2.20. The van der Waals surface area contributed by atoms with E-state index in [-0.39, 0.29) is 11.7 Å². The maximum absolute atomic E-state index is 12.8. The molecule has 0 fully saturated rings. The van der Waals surface area contributed by atoms with Gasteiger partial charge in [0.25, 0.3) is 5.91 Å². The number of amides is 2. The molecule has 0 radical (unpaired) electrons. The summed E-state index contributed by atoms with van der Waals surface area (Å²) in [5.41, 5.74) is 9.59. The third kappa shape index (κ3) is 4.74. The predicted octanol–water partition coefficient (Wildman–Crippen LogP) is 4.91. The number of aromatic nitrogens is 3. The van der Waals surface area contributed by atoms with E-state index >= 15 is 0 Å². The Morgan fingerprint density at radius 3 is 2.82 bits per heavy atom. The molecule has 4 rings (SSSR count). The van der Waals surface area contributed by atoms with E-state index in [4.69, 9.17) is 5.73 Å². The summed E-state index contributed by atoms with van der Waals surface area (Å²) in [6.45, 7) is 9.25. The highest BCUT2D eigenvalue weighted by atomic mass is 32.2. The van der Waals surface area contributed by atoms with Crippen LogP contribution in [0.5, 0.6) is 0 Å². The van der Waals surface area contributed by atoms with Gasteiger partial charge in [-0.25, -0.2) is 0 Å². The Bertz CT molecular complexity index is 1190. The van der Waals surface area contributed by atoms with Crippen molar-refractivity contribution in [3.8, 4) is 11.4 Å². The van der Waals surface area contributed by atoms with E-state index < -0.39 is 5.91 Å². The van der Waals surface area contributed by atoms with E-state index in [1.807, 2.05) is 0 Å². The normalized spacial score (nSPS) is 15.5. The number of hydrogen-bond acceptors (Lipinski definition) is 7. The molecule has 3 aromatic rings. The van der Waals surface area contributed by atoms with Crippen molar-refractivity contribution in [3.63, 3.8) is 0 Å². The Kier molecular flexibility index (Phi) is 7.25. The topological polar surface area (TPSA) is 103 Å². The summed E-state index contributed by atoms with van der Waals surface area (Å²) in [6, 6.07) is 0. The molecule has 3 aromatic heterocycles. The first-order chi connectivity index (χ1) is 15.8. The first kappa shape index (κ1) is 24.0. The monoisotopic (exact) mass is 503 g/mol. The molecule has 0 aliphatic heterocycles. The second-order valence-electron chi connectivity index (χ2n) is 8.35. The summed E-state index contributed by atoms with van der Waals surface area (Å²) in [6.07, 6.45) is 3.73. The zero-order valence-corrected chi connectivity index (χ0v) is 21.8. The molecular formula is C23H29N5O2S3. The largest absolute Gasteiger partial charge is 0.365 e. The fourth-order valence-electron chi connectivity index (χ4n) is 4.38. The first-order valence-electron chi connectivity index (χ1n) is 11.2. The Hall–Kier alpha value is -2.17. The standard InChI is InChI=1S/C23H29N5O2S3/c1-5-14-13(4)31-10-16(14)21-26-27-23(28(21)6-2)32-11-18(29)25-22-19(20(24)30)15-8-7-12(3)9-17(15)33-22/h10,12H,5-9,11H2,1-4H3,(H2,24,30)(H,25,29). The lowest BCUT2D eigenvalue weighted by atomic mass is 9.88. The summed E-state index contributed by atoms with van der Waals surface area (Å²) >= 11 is 4.56. The lowest BCUT2D eigenvalue weighted by molar-refractivity contribution is -0.113. The quantitative estimate of drug-likeness (QED) is 0.425. The molecule has 0 aromatic carbocycles. The van der Waals surface area contributed by atoms with Crippen LogP contribution in [0.3, 0.4) is 0 Å². The molecule has 1 unspecified atom stereocenters. The number of nitrogens with two attached hydrogens (primary N) is 1. The van der Waals surface area contributed by atoms with Crippen molar-refractivity contribution in [2.75, 3.05) is 11.1 Å². The first-order valence-corrected chi connectivity index (χ1v) is 13.9. The molecular weight excluding hydrogens is 474 g/mol. The minimum absolute atomic E-state index is 0.179. The van der Waals surface area contributed by atoms with Gasteiger partial charge >= 0.3 is 0 Å². The number of thioether (sulfide) groups is 1. The second-order valence-corrected chi connectivity index (χ2v) is 11.5. The van der Waals surface area contributed by atoms with Gasteiger partial charge in [0, 0.05) is 27.2 Å². The SMILES string of the molecule is CCc1c(-c2nnc(SCC(=O)Nc3sc4c(c3C(N)=O)CCC(C)C4)n2CC)csc1C. The van der Waals surface area contributed by atoms with Crippen LogP contribution >= 0.6 is 34.4 Å². The number of fused-ring (bicyclic) bond motifs is 1. The summed E-state index contributed by atoms with van der Waals surface area (Å²) in [5, 5.41) is 15.2. The maximum atomic E-state index is 12.8.